The number of alkyl halides is 6. The van der Waals surface area contributed by atoms with Crippen molar-refractivity contribution in [3.63, 3.8) is 0 Å². The van der Waals surface area contributed by atoms with E-state index in [4.69, 9.17) is 0 Å². The largest absolute Gasteiger partial charge is 0.484 e. The highest BCUT2D eigenvalue weighted by atomic mass is 19.4. The first-order chi connectivity index (χ1) is 13.0. The van der Waals surface area contributed by atoms with Crippen LogP contribution in [-0.2, 0) is 0 Å². The molecular weight excluding hydrogens is 394 g/mol. The number of carbonyl (C=O) groups is 1. The lowest BCUT2D eigenvalue weighted by molar-refractivity contribution is -0.153. The first-order valence-corrected chi connectivity index (χ1v) is 8.58. The molecule has 1 heterocycles. The van der Waals surface area contributed by atoms with Crippen molar-refractivity contribution in [2.45, 2.75) is 37.7 Å². The second kappa shape index (κ2) is 9.35. The fourth-order valence-electron chi connectivity index (χ4n) is 2.63. The van der Waals surface area contributed by atoms with Crippen molar-refractivity contribution in [1.29, 1.82) is 0 Å². The molecule has 28 heavy (non-hydrogen) atoms. The average Bonchev–Trinajstić information content (AvgIpc) is 2.62. The Kier molecular flexibility index (Phi) is 7.39. The van der Waals surface area contributed by atoms with Crippen molar-refractivity contribution < 1.29 is 40.6 Å². The predicted molar refractivity (Wildman–Crippen MR) is 87.5 cm³/mol. The van der Waals surface area contributed by atoms with Gasteiger partial charge in [0.25, 0.3) is 5.91 Å². The van der Waals surface area contributed by atoms with Crippen LogP contribution in [0.15, 0.2) is 18.2 Å². The van der Waals surface area contributed by atoms with Crippen LogP contribution in [-0.4, -0.2) is 50.6 Å². The monoisotopic (exact) mass is 414 g/mol. The topological polar surface area (TPSA) is 59.6 Å². The van der Waals surface area contributed by atoms with E-state index in [1.165, 1.54) is 0 Å². The number of benzene rings is 1. The maximum Gasteiger partial charge on any atom is 0.422 e. The summed E-state index contributed by atoms with van der Waals surface area (Å²) in [5.41, 5.74) is -0.223. The van der Waals surface area contributed by atoms with E-state index in [1.807, 2.05) is 0 Å². The molecule has 0 bridgehead atoms. The van der Waals surface area contributed by atoms with E-state index in [2.05, 4.69) is 20.1 Å². The number of ether oxygens (including phenoxy) is 2. The van der Waals surface area contributed by atoms with Gasteiger partial charge in [0.2, 0.25) is 0 Å². The van der Waals surface area contributed by atoms with Gasteiger partial charge in [0.05, 0.1) is 5.56 Å². The summed E-state index contributed by atoms with van der Waals surface area (Å²) in [5.74, 6) is -1.56. The van der Waals surface area contributed by atoms with Gasteiger partial charge in [-0.15, -0.1) is 0 Å². The van der Waals surface area contributed by atoms with E-state index in [0.717, 1.165) is 44.0 Å². The molecule has 2 N–H and O–H groups in total. The highest BCUT2D eigenvalue weighted by Crippen LogP contribution is 2.28. The number of hydrogen-bond donors (Lipinski definition) is 2. The SMILES string of the molecule is O=C(NCC1CCCCN1)c1ccc(OCC(F)(F)F)cc1OCC(F)(F)F. The lowest BCUT2D eigenvalue weighted by Crippen LogP contribution is -2.43. The molecule has 1 atom stereocenters. The summed E-state index contributed by atoms with van der Waals surface area (Å²) < 4.78 is 83.3. The van der Waals surface area contributed by atoms with Crippen molar-refractivity contribution in [3.05, 3.63) is 23.8 Å². The lowest BCUT2D eigenvalue weighted by Gasteiger charge is -2.24. The molecule has 2 rings (SSSR count). The molecule has 1 unspecified atom stereocenters. The summed E-state index contributed by atoms with van der Waals surface area (Å²) in [7, 11) is 0. The summed E-state index contributed by atoms with van der Waals surface area (Å²) >= 11 is 0. The summed E-state index contributed by atoms with van der Waals surface area (Å²) in [6.45, 7) is -2.24. The van der Waals surface area contributed by atoms with Crippen molar-refractivity contribution in [3.8, 4) is 11.5 Å². The third kappa shape index (κ3) is 7.83. The quantitative estimate of drug-likeness (QED) is 0.672. The number of piperidine rings is 1. The Morgan fingerprint density at radius 2 is 1.75 bits per heavy atom. The third-order valence-electron chi connectivity index (χ3n) is 3.91. The van der Waals surface area contributed by atoms with Gasteiger partial charge in [-0.25, -0.2) is 0 Å². The van der Waals surface area contributed by atoms with E-state index in [1.54, 1.807) is 0 Å². The van der Waals surface area contributed by atoms with Crippen molar-refractivity contribution in [1.82, 2.24) is 10.6 Å². The molecule has 0 spiro atoms. The molecule has 1 aliphatic heterocycles. The van der Waals surface area contributed by atoms with Gasteiger partial charge in [-0.1, -0.05) is 6.42 Å². The zero-order valence-electron chi connectivity index (χ0n) is 14.8. The molecule has 1 aromatic rings. The molecule has 1 amide bonds. The van der Waals surface area contributed by atoms with E-state index in [-0.39, 0.29) is 23.9 Å². The molecule has 0 radical (unpaired) electrons. The number of nitrogens with one attached hydrogen (secondary N) is 2. The number of hydrogen-bond acceptors (Lipinski definition) is 4. The van der Waals surface area contributed by atoms with E-state index in [9.17, 15) is 31.1 Å². The zero-order chi connectivity index (χ0) is 20.8. The van der Waals surface area contributed by atoms with Crippen LogP contribution in [0.25, 0.3) is 0 Å². The van der Waals surface area contributed by atoms with Crippen LogP contribution in [0.4, 0.5) is 26.3 Å². The molecular formula is C17H20F6N2O3. The molecule has 158 valence electrons. The normalized spacial score (nSPS) is 17.9. The molecule has 0 saturated carbocycles. The molecule has 1 aliphatic rings. The predicted octanol–water partition coefficient (Wildman–Crippen LogP) is 3.44. The van der Waals surface area contributed by atoms with Crippen molar-refractivity contribution in [2.75, 3.05) is 26.3 Å². The maximum absolute atomic E-state index is 12.5. The Bertz CT molecular complexity index is 657. The molecule has 1 fully saturated rings. The Hall–Kier alpha value is -2.17. The minimum absolute atomic E-state index is 0.0478. The summed E-state index contributed by atoms with van der Waals surface area (Å²) in [6.07, 6.45) is -6.42. The minimum Gasteiger partial charge on any atom is -0.484 e. The number of rotatable bonds is 7. The summed E-state index contributed by atoms with van der Waals surface area (Å²) in [6, 6.07) is 3.03. The van der Waals surface area contributed by atoms with Gasteiger partial charge in [0.1, 0.15) is 11.5 Å². The summed E-state index contributed by atoms with van der Waals surface area (Å²) in [4.78, 5) is 12.3. The lowest BCUT2D eigenvalue weighted by atomic mass is 10.0. The number of carbonyl (C=O) groups excluding carboxylic acids is 1. The first kappa shape index (κ1) is 22.1. The van der Waals surface area contributed by atoms with Gasteiger partial charge < -0.3 is 20.1 Å². The van der Waals surface area contributed by atoms with E-state index < -0.39 is 37.2 Å². The first-order valence-electron chi connectivity index (χ1n) is 8.58. The van der Waals surface area contributed by atoms with Crippen LogP contribution in [0, 0.1) is 0 Å². The van der Waals surface area contributed by atoms with Gasteiger partial charge in [0, 0.05) is 18.7 Å². The molecule has 0 aliphatic carbocycles. The van der Waals surface area contributed by atoms with Crippen molar-refractivity contribution in [2.24, 2.45) is 0 Å². The minimum atomic E-state index is -4.68. The van der Waals surface area contributed by atoms with Crippen LogP contribution in [0.1, 0.15) is 29.6 Å². The van der Waals surface area contributed by atoms with Gasteiger partial charge >= 0.3 is 12.4 Å². The van der Waals surface area contributed by atoms with Crippen LogP contribution >= 0.6 is 0 Å². The van der Waals surface area contributed by atoms with Gasteiger partial charge in [-0.3, -0.25) is 4.79 Å². The standard InChI is InChI=1S/C17H20F6N2O3/c18-16(19,20)9-27-12-4-5-13(14(7-12)28-10-17(21,22)23)15(26)25-8-11-3-1-2-6-24-11/h4-5,7,11,24H,1-3,6,8-10H2,(H,25,26). The maximum atomic E-state index is 12.5. The Morgan fingerprint density at radius 3 is 2.36 bits per heavy atom. The zero-order valence-corrected chi connectivity index (χ0v) is 14.8. The second-order valence-electron chi connectivity index (χ2n) is 6.32. The molecule has 11 heteroatoms. The number of halogens is 6. The second-order valence-corrected chi connectivity index (χ2v) is 6.32. The van der Waals surface area contributed by atoms with E-state index >= 15 is 0 Å². The third-order valence-corrected chi connectivity index (χ3v) is 3.91. The molecule has 0 aromatic heterocycles. The molecule has 1 aromatic carbocycles. The van der Waals surface area contributed by atoms with E-state index in [0.29, 0.717) is 0 Å². The Labute approximate surface area is 157 Å². The average molecular weight is 414 g/mol. The van der Waals surface area contributed by atoms with Gasteiger partial charge in [-0.05, 0) is 31.5 Å². The smallest absolute Gasteiger partial charge is 0.422 e. The number of amides is 1. The molecule has 1 saturated heterocycles. The van der Waals surface area contributed by atoms with Crippen LogP contribution in [0.3, 0.4) is 0 Å². The highest BCUT2D eigenvalue weighted by Gasteiger charge is 2.31. The summed E-state index contributed by atoms with van der Waals surface area (Å²) in [5, 5.41) is 5.80. The van der Waals surface area contributed by atoms with Crippen LogP contribution < -0.4 is 20.1 Å². The van der Waals surface area contributed by atoms with Crippen molar-refractivity contribution >= 4 is 5.91 Å². The van der Waals surface area contributed by atoms with Gasteiger partial charge in [0.15, 0.2) is 13.2 Å². The fraction of sp³-hybridized carbons (Fsp3) is 0.588. The van der Waals surface area contributed by atoms with Gasteiger partial charge in [-0.2, -0.15) is 26.3 Å². The van der Waals surface area contributed by atoms with Crippen LogP contribution in [0.5, 0.6) is 11.5 Å². The van der Waals surface area contributed by atoms with Crippen LogP contribution in [0.2, 0.25) is 0 Å². The Morgan fingerprint density at radius 1 is 1.07 bits per heavy atom. The molecule has 5 nitrogen and oxygen atoms in total. The highest BCUT2D eigenvalue weighted by molar-refractivity contribution is 5.97. The fourth-order valence-corrected chi connectivity index (χ4v) is 2.63. The Balaban J connectivity index is 2.09.